The number of carbonyl (C=O) groups is 1. The van der Waals surface area contributed by atoms with Gasteiger partial charge in [-0.2, -0.15) is 0 Å². The Morgan fingerprint density at radius 2 is 1.28 bits per heavy atom. The van der Waals surface area contributed by atoms with Crippen molar-refractivity contribution in [3.63, 3.8) is 0 Å². The predicted molar refractivity (Wildman–Crippen MR) is 194 cm³/mol. The van der Waals surface area contributed by atoms with E-state index in [1.807, 2.05) is 6.20 Å². The van der Waals surface area contributed by atoms with Crippen LogP contribution in [0.15, 0.2) is 72.6 Å². The number of rotatable bonds is 10. The molecule has 4 heteroatoms. The van der Waals surface area contributed by atoms with E-state index in [1.54, 1.807) is 0 Å². The first-order valence-corrected chi connectivity index (χ1v) is 16.9. The van der Waals surface area contributed by atoms with Crippen LogP contribution >= 0.6 is 0 Å². The molecule has 3 aromatic carbocycles. The molecule has 0 saturated carbocycles. The number of aliphatic hydroxyl groups excluding tert-OH is 1. The Labute approximate surface area is 292 Å². The average molecular weight is 799 g/mol. The number of pyridine rings is 1. The van der Waals surface area contributed by atoms with E-state index < -0.39 is 0 Å². The molecule has 46 heavy (non-hydrogen) atoms. The van der Waals surface area contributed by atoms with Gasteiger partial charge < -0.3 is 10.1 Å². The summed E-state index contributed by atoms with van der Waals surface area (Å²) in [5.41, 5.74) is 4.73. The van der Waals surface area contributed by atoms with Gasteiger partial charge in [0, 0.05) is 44.2 Å². The Kier molecular flexibility index (Phi) is 14.9. The van der Waals surface area contributed by atoms with E-state index in [-0.39, 0.29) is 43.5 Å². The fourth-order valence-corrected chi connectivity index (χ4v) is 6.76. The van der Waals surface area contributed by atoms with Crippen LogP contribution < -0.4 is 0 Å². The van der Waals surface area contributed by atoms with E-state index in [0.717, 1.165) is 11.3 Å². The second-order valence-corrected chi connectivity index (χ2v) is 14.6. The van der Waals surface area contributed by atoms with Crippen LogP contribution in [-0.4, -0.2) is 15.9 Å². The van der Waals surface area contributed by atoms with E-state index in [9.17, 15) is 9.90 Å². The molecule has 0 aliphatic carbocycles. The number of allylic oxidation sites excluding steroid dienone is 2. The molecule has 0 unspecified atom stereocenters. The molecule has 1 N–H and O–H groups in total. The summed E-state index contributed by atoms with van der Waals surface area (Å²) in [7, 11) is 0. The smallest absolute Gasteiger partial charge is 0.162 e. The Balaban J connectivity index is 0.000000332. The van der Waals surface area contributed by atoms with Crippen molar-refractivity contribution in [2.45, 2.75) is 94.9 Å². The molecule has 1 aromatic heterocycles. The zero-order valence-corrected chi connectivity index (χ0v) is 32.5. The van der Waals surface area contributed by atoms with Crippen LogP contribution in [0.25, 0.3) is 32.8 Å². The Bertz CT molecular complexity index is 1570. The average Bonchev–Trinajstić information content (AvgIpc) is 2.95. The summed E-state index contributed by atoms with van der Waals surface area (Å²) in [5.74, 6) is 2.56. The third-order valence-corrected chi connectivity index (χ3v) is 8.96. The van der Waals surface area contributed by atoms with Gasteiger partial charge in [-0.15, -0.1) is 34.9 Å². The largest absolute Gasteiger partial charge is 0.512 e. The van der Waals surface area contributed by atoms with Gasteiger partial charge in [0.15, 0.2) is 5.78 Å². The number of benzene rings is 3. The number of fused-ring (bicyclic) bond motifs is 3. The van der Waals surface area contributed by atoms with Gasteiger partial charge in [0.1, 0.15) is 0 Å². The molecule has 0 aliphatic heterocycles. The molecule has 0 bridgehead atoms. The molecule has 4 aromatic rings. The van der Waals surface area contributed by atoms with Crippen LogP contribution in [0.3, 0.4) is 0 Å². The number of ketones is 1. The van der Waals surface area contributed by atoms with Gasteiger partial charge in [-0.3, -0.25) is 4.79 Å². The Morgan fingerprint density at radius 1 is 0.696 bits per heavy atom. The van der Waals surface area contributed by atoms with E-state index >= 15 is 0 Å². The Hall–Kier alpha value is -2.81. The first-order chi connectivity index (χ1) is 21.1. The first-order valence-electron chi connectivity index (χ1n) is 16.9. The van der Waals surface area contributed by atoms with Crippen LogP contribution in [0.4, 0.5) is 0 Å². The maximum Gasteiger partial charge on any atom is 0.162 e. The minimum Gasteiger partial charge on any atom is -0.512 e. The minimum atomic E-state index is -0.0119. The molecule has 0 aliphatic rings. The minimum absolute atomic E-state index is 0. The van der Waals surface area contributed by atoms with E-state index in [0.29, 0.717) is 35.5 Å². The summed E-state index contributed by atoms with van der Waals surface area (Å²) in [6.07, 6.45) is 3.41. The van der Waals surface area contributed by atoms with Crippen molar-refractivity contribution in [1.29, 1.82) is 0 Å². The molecule has 1 heterocycles. The maximum absolute atomic E-state index is 12.3. The Morgan fingerprint density at radius 3 is 1.83 bits per heavy atom. The fourth-order valence-electron chi connectivity index (χ4n) is 6.76. The molecule has 0 fully saturated rings. The summed E-state index contributed by atoms with van der Waals surface area (Å²) in [6.45, 7) is 25.5. The number of nitrogens with zero attached hydrogens (tertiary/aromatic N) is 1. The van der Waals surface area contributed by atoms with Crippen molar-refractivity contribution in [3.05, 3.63) is 89.8 Å². The van der Waals surface area contributed by atoms with Crippen LogP contribution in [0, 0.1) is 41.6 Å². The molecule has 4 rings (SSSR count). The number of aliphatic hydroxyl groups is 1. The third kappa shape index (κ3) is 9.61. The number of carbonyl (C=O) groups excluding carboxylic acids is 1. The van der Waals surface area contributed by atoms with Crippen molar-refractivity contribution >= 4 is 27.3 Å². The molecule has 0 amide bonds. The SMILES string of the molecule is CC(C)C(C(=O)/C=C(\O)C(C(C)C)C(C)C)C(C)C.CC(C)c1[c-]c(-c2nccc3c2ccc2ccccc23)cc(C(C)C)c1.[Ir]. The quantitative estimate of drug-likeness (QED) is 0.0752. The molecular formula is C42H56IrNO2-. The normalized spacial score (nSPS) is 12.3. The standard InChI is InChI=1S/C25H24N.C17H32O2.Ir/c1-16(2)19-13-20(17(3)4)15-21(14-19)25-24-10-9-18-7-5-6-8-22(18)23(24)11-12-26-25;1-10(2)16(11(3)4)14(18)9-15(19)17(12(5)6)13(7)8;/h5-14,16-17H,1-4H3;9-13,16-18H,1-8H3;/q-1;;/b;14-9-;. The molecule has 3 nitrogen and oxygen atoms in total. The van der Waals surface area contributed by atoms with Gasteiger partial charge >= 0.3 is 0 Å². The number of hydrogen-bond donors (Lipinski definition) is 1. The topological polar surface area (TPSA) is 50.2 Å². The van der Waals surface area contributed by atoms with Crippen molar-refractivity contribution in [2.75, 3.05) is 0 Å². The summed E-state index contributed by atoms with van der Waals surface area (Å²) in [4.78, 5) is 17.1. The van der Waals surface area contributed by atoms with Gasteiger partial charge in [-0.05, 0) is 68.8 Å². The van der Waals surface area contributed by atoms with Crippen molar-refractivity contribution in [2.24, 2.45) is 35.5 Å². The van der Waals surface area contributed by atoms with Gasteiger partial charge in [0.05, 0.1) is 5.76 Å². The van der Waals surface area contributed by atoms with Crippen LogP contribution in [-0.2, 0) is 24.9 Å². The van der Waals surface area contributed by atoms with Gasteiger partial charge in [-0.25, -0.2) is 0 Å². The van der Waals surface area contributed by atoms with Crippen LogP contribution in [0.1, 0.15) is 106 Å². The summed E-state index contributed by atoms with van der Waals surface area (Å²) in [5, 5.41) is 15.3. The number of hydrogen-bond acceptors (Lipinski definition) is 3. The maximum atomic E-state index is 12.3. The van der Waals surface area contributed by atoms with E-state index in [2.05, 4.69) is 144 Å². The van der Waals surface area contributed by atoms with Crippen molar-refractivity contribution in [1.82, 2.24) is 4.98 Å². The summed E-state index contributed by atoms with van der Waals surface area (Å²) in [6, 6.07) is 23.2. The van der Waals surface area contributed by atoms with Gasteiger partial charge in [-0.1, -0.05) is 119 Å². The molecular weight excluding hydrogens is 743 g/mol. The summed E-state index contributed by atoms with van der Waals surface area (Å²) < 4.78 is 0. The summed E-state index contributed by atoms with van der Waals surface area (Å²) >= 11 is 0. The molecule has 0 atom stereocenters. The molecule has 0 spiro atoms. The third-order valence-electron chi connectivity index (χ3n) is 8.96. The monoisotopic (exact) mass is 799 g/mol. The first kappa shape index (κ1) is 39.4. The van der Waals surface area contributed by atoms with E-state index in [4.69, 9.17) is 4.98 Å². The molecule has 0 saturated heterocycles. The molecule has 251 valence electrons. The van der Waals surface area contributed by atoms with E-state index in [1.165, 1.54) is 38.7 Å². The second kappa shape index (κ2) is 17.4. The van der Waals surface area contributed by atoms with Crippen molar-refractivity contribution in [3.8, 4) is 11.3 Å². The van der Waals surface area contributed by atoms with Crippen LogP contribution in [0.5, 0.6) is 0 Å². The zero-order chi connectivity index (χ0) is 33.6. The molecule has 1 radical (unpaired) electrons. The predicted octanol–water partition coefficient (Wildman–Crippen LogP) is 12.0. The number of aromatic nitrogens is 1. The van der Waals surface area contributed by atoms with Gasteiger partial charge in [0.2, 0.25) is 0 Å². The fraction of sp³-hybridized carbons (Fsp3) is 0.476. The second-order valence-electron chi connectivity index (χ2n) is 14.6. The van der Waals surface area contributed by atoms with Gasteiger partial charge in [0.25, 0.3) is 0 Å². The zero-order valence-electron chi connectivity index (χ0n) is 30.1. The van der Waals surface area contributed by atoms with Crippen molar-refractivity contribution < 1.29 is 30.0 Å². The van der Waals surface area contributed by atoms with Crippen LogP contribution in [0.2, 0.25) is 0 Å².